The van der Waals surface area contributed by atoms with Crippen LogP contribution in [-0.2, 0) is 9.57 Å². The van der Waals surface area contributed by atoms with Crippen molar-refractivity contribution in [2.24, 2.45) is 5.92 Å². The SMILES string of the molecule is CO[C@@]12ON[C@@H](c3ccccc3O)[C@H]1[NH+]1CCC2CC1. The van der Waals surface area contributed by atoms with Crippen LogP contribution >= 0.6 is 0 Å². The fraction of sp³-hybridized carbons (Fsp3) is 0.600. The Labute approximate surface area is 118 Å². The number of ether oxygens (including phenoxy) is 1. The molecule has 4 saturated heterocycles. The minimum Gasteiger partial charge on any atom is -0.508 e. The van der Waals surface area contributed by atoms with Gasteiger partial charge in [0.05, 0.1) is 13.1 Å². The number of rotatable bonds is 2. The number of hydrogen-bond donors (Lipinski definition) is 3. The summed E-state index contributed by atoms with van der Waals surface area (Å²) in [4.78, 5) is 7.47. The van der Waals surface area contributed by atoms with Gasteiger partial charge in [0.25, 0.3) is 0 Å². The summed E-state index contributed by atoms with van der Waals surface area (Å²) in [5.41, 5.74) is 4.04. The molecular formula is C15H21N2O3+. The maximum atomic E-state index is 10.1. The number of nitrogens with one attached hydrogen (secondary N) is 2. The van der Waals surface area contributed by atoms with Gasteiger partial charge in [-0.3, -0.25) is 4.84 Å². The number of methoxy groups -OCH3 is 1. The topological polar surface area (TPSA) is 55.2 Å². The maximum absolute atomic E-state index is 10.1. The zero-order valence-electron chi connectivity index (χ0n) is 11.6. The smallest absolute Gasteiger partial charge is 0.244 e. The standard InChI is InChI=1S/C15H20N2O3/c1-19-15-10-6-8-17(9-7-10)14(15)13(16-20-15)11-4-2-3-5-12(11)18/h2-5,10,13-14,16,18H,6-9H2,1H3/p+1/t13-,14+,15-/m0/s1. The fourth-order valence-corrected chi connectivity index (χ4v) is 4.41. The molecule has 4 fully saturated rings. The lowest BCUT2D eigenvalue weighted by molar-refractivity contribution is -0.955. The number of quaternary nitrogens is 1. The van der Waals surface area contributed by atoms with E-state index >= 15 is 0 Å². The van der Waals surface area contributed by atoms with Crippen molar-refractivity contribution in [3.63, 3.8) is 0 Å². The van der Waals surface area contributed by atoms with E-state index < -0.39 is 5.79 Å². The van der Waals surface area contributed by atoms with Crippen LogP contribution < -0.4 is 10.4 Å². The lowest BCUT2D eigenvalue weighted by Crippen LogP contribution is -3.21. The monoisotopic (exact) mass is 277 g/mol. The van der Waals surface area contributed by atoms with Gasteiger partial charge in [-0.1, -0.05) is 18.2 Å². The number of fused-ring (bicyclic) bond motifs is 2. The highest BCUT2D eigenvalue weighted by Crippen LogP contribution is 2.45. The third kappa shape index (κ3) is 1.52. The summed E-state index contributed by atoms with van der Waals surface area (Å²) in [5, 5.41) is 10.1. The predicted molar refractivity (Wildman–Crippen MR) is 72.0 cm³/mol. The molecule has 5 rings (SSSR count). The second-order valence-electron chi connectivity index (χ2n) is 6.09. The van der Waals surface area contributed by atoms with Gasteiger partial charge < -0.3 is 14.7 Å². The van der Waals surface area contributed by atoms with Crippen LogP contribution in [0.25, 0.3) is 0 Å². The van der Waals surface area contributed by atoms with Crippen LogP contribution in [0.3, 0.4) is 0 Å². The molecule has 3 atom stereocenters. The molecule has 2 bridgehead atoms. The van der Waals surface area contributed by atoms with Gasteiger partial charge in [0.15, 0.2) is 6.04 Å². The van der Waals surface area contributed by atoms with E-state index in [0.717, 1.165) is 31.5 Å². The highest BCUT2D eigenvalue weighted by Gasteiger charge is 2.66. The van der Waals surface area contributed by atoms with Crippen LogP contribution in [0.15, 0.2) is 24.3 Å². The molecule has 0 amide bonds. The number of benzene rings is 1. The first-order chi connectivity index (χ1) is 9.76. The number of para-hydroxylation sites is 1. The largest absolute Gasteiger partial charge is 0.508 e. The molecule has 108 valence electrons. The summed E-state index contributed by atoms with van der Waals surface area (Å²) in [6.45, 7) is 2.32. The van der Waals surface area contributed by atoms with Crippen molar-refractivity contribution in [3.05, 3.63) is 29.8 Å². The molecule has 0 saturated carbocycles. The van der Waals surface area contributed by atoms with Gasteiger partial charge in [0.1, 0.15) is 11.8 Å². The predicted octanol–water partition coefficient (Wildman–Crippen LogP) is -0.0121. The first-order valence-corrected chi connectivity index (χ1v) is 7.37. The van der Waals surface area contributed by atoms with E-state index in [4.69, 9.17) is 9.57 Å². The molecule has 5 nitrogen and oxygen atoms in total. The number of phenols is 1. The molecule has 0 aliphatic carbocycles. The zero-order chi connectivity index (χ0) is 13.7. The number of hydrogen-bond acceptors (Lipinski definition) is 4. The van der Waals surface area contributed by atoms with Crippen LogP contribution in [0.1, 0.15) is 24.4 Å². The molecule has 4 heterocycles. The lowest BCUT2D eigenvalue weighted by atomic mass is 9.74. The van der Waals surface area contributed by atoms with Gasteiger partial charge in [-0.15, -0.1) is 0 Å². The Morgan fingerprint density at radius 2 is 2.10 bits per heavy atom. The number of aromatic hydroxyl groups is 1. The van der Waals surface area contributed by atoms with Gasteiger partial charge in [-0.25, -0.2) is 0 Å². The molecule has 4 aliphatic heterocycles. The Balaban J connectivity index is 1.76. The normalized spacial score (nSPS) is 42.6. The number of hydroxylamine groups is 1. The van der Waals surface area contributed by atoms with Gasteiger partial charge >= 0.3 is 0 Å². The number of piperidine rings is 3. The molecule has 5 heteroatoms. The summed E-state index contributed by atoms with van der Waals surface area (Å²) in [6, 6.07) is 7.68. The Morgan fingerprint density at radius 3 is 2.80 bits per heavy atom. The van der Waals surface area contributed by atoms with Crippen LogP contribution in [0.4, 0.5) is 0 Å². The van der Waals surface area contributed by atoms with E-state index in [0.29, 0.717) is 11.7 Å². The number of phenolic OH excluding ortho intramolecular Hbond substituents is 1. The van der Waals surface area contributed by atoms with Crippen molar-refractivity contribution in [2.75, 3.05) is 20.2 Å². The molecule has 3 N–H and O–H groups in total. The fourth-order valence-electron chi connectivity index (χ4n) is 4.41. The van der Waals surface area contributed by atoms with Crippen LogP contribution in [0.2, 0.25) is 0 Å². The highest BCUT2D eigenvalue weighted by molar-refractivity contribution is 5.36. The van der Waals surface area contributed by atoms with E-state index in [1.807, 2.05) is 18.2 Å². The molecule has 1 aromatic rings. The summed E-state index contributed by atoms with van der Waals surface area (Å²) in [7, 11) is 1.74. The molecule has 0 aromatic heterocycles. The average molecular weight is 277 g/mol. The first kappa shape index (κ1) is 12.6. The van der Waals surface area contributed by atoms with Crippen molar-refractivity contribution >= 4 is 0 Å². The molecule has 4 aliphatic rings. The first-order valence-electron chi connectivity index (χ1n) is 7.37. The summed E-state index contributed by atoms with van der Waals surface area (Å²) in [6.07, 6.45) is 2.30. The van der Waals surface area contributed by atoms with Crippen molar-refractivity contribution < 1.29 is 19.6 Å². The van der Waals surface area contributed by atoms with E-state index in [2.05, 4.69) is 5.48 Å². The van der Waals surface area contributed by atoms with E-state index in [1.54, 1.807) is 13.2 Å². The van der Waals surface area contributed by atoms with Gasteiger partial charge in [-0.2, -0.15) is 5.48 Å². The van der Waals surface area contributed by atoms with Gasteiger partial charge in [-0.05, 0) is 6.07 Å². The zero-order valence-corrected chi connectivity index (χ0v) is 11.6. The summed E-state index contributed by atoms with van der Waals surface area (Å²) in [5.74, 6) is 0.222. The molecule has 1 aromatic carbocycles. The van der Waals surface area contributed by atoms with E-state index in [-0.39, 0.29) is 12.1 Å². The van der Waals surface area contributed by atoms with Crippen molar-refractivity contribution in [1.82, 2.24) is 5.48 Å². The lowest BCUT2D eigenvalue weighted by Gasteiger charge is -2.50. The Bertz CT molecular complexity index is 516. The van der Waals surface area contributed by atoms with E-state index in [1.165, 1.54) is 4.90 Å². The maximum Gasteiger partial charge on any atom is 0.244 e. The highest BCUT2D eigenvalue weighted by atomic mass is 16.8. The Morgan fingerprint density at radius 1 is 1.35 bits per heavy atom. The van der Waals surface area contributed by atoms with Crippen molar-refractivity contribution in [3.8, 4) is 5.75 Å². The second kappa shape index (κ2) is 4.43. The van der Waals surface area contributed by atoms with Crippen molar-refractivity contribution in [1.29, 1.82) is 0 Å². The van der Waals surface area contributed by atoms with Crippen LogP contribution in [0, 0.1) is 5.92 Å². The molecule has 20 heavy (non-hydrogen) atoms. The molecule has 0 unspecified atom stereocenters. The van der Waals surface area contributed by atoms with Crippen LogP contribution in [-0.4, -0.2) is 37.1 Å². The average Bonchev–Trinajstić information content (AvgIpc) is 2.92. The minimum atomic E-state index is -0.543. The van der Waals surface area contributed by atoms with E-state index in [9.17, 15) is 5.11 Å². The van der Waals surface area contributed by atoms with Crippen LogP contribution in [0.5, 0.6) is 5.75 Å². The minimum absolute atomic E-state index is 0.0192. The quantitative estimate of drug-likeness (QED) is 0.711. The molecule has 0 radical (unpaired) electrons. The Hall–Kier alpha value is -1.14. The Kier molecular flexibility index (Phi) is 2.79. The van der Waals surface area contributed by atoms with Gasteiger partial charge in [0, 0.05) is 31.4 Å². The van der Waals surface area contributed by atoms with Gasteiger partial charge in [0.2, 0.25) is 5.79 Å². The third-order valence-corrected chi connectivity index (χ3v) is 5.34. The summed E-state index contributed by atoms with van der Waals surface area (Å²) >= 11 is 0. The summed E-state index contributed by atoms with van der Waals surface area (Å²) < 4.78 is 5.84. The van der Waals surface area contributed by atoms with Crippen molar-refractivity contribution in [2.45, 2.75) is 30.7 Å². The molecule has 0 spiro atoms. The third-order valence-electron chi connectivity index (χ3n) is 5.34. The second-order valence-corrected chi connectivity index (χ2v) is 6.09. The molecular weight excluding hydrogens is 256 g/mol.